The van der Waals surface area contributed by atoms with E-state index >= 15 is 0 Å². The molecule has 2 atom stereocenters. The van der Waals surface area contributed by atoms with E-state index in [-0.39, 0.29) is 6.10 Å². The van der Waals surface area contributed by atoms with Crippen molar-refractivity contribution in [2.75, 3.05) is 19.8 Å². The molecule has 2 unspecified atom stereocenters. The van der Waals surface area contributed by atoms with Crippen LogP contribution in [0.5, 0.6) is 5.75 Å². The first-order valence-electron chi connectivity index (χ1n) is 7.39. The van der Waals surface area contributed by atoms with Gasteiger partial charge in [-0.2, -0.15) is 0 Å². The van der Waals surface area contributed by atoms with Crippen molar-refractivity contribution in [1.29, 1.82) is 0 Å². The Morgan fingerprint density at radius 3 is 2.71 bits per heavy atom. The minimum Gasteiger partial charge on any atom is -0.494 e. The molecule has 21 heavy (non-hydrogen) atoms. The number of hydrogen-bond donors (Lipinski definition) is 2. The molecule has 0 aliphatic carbocycles. The summed E-state index contributed by atoms with van der Waals surface area (Å²) in [6, 6.07) is 7.19. The van der Waals surface area contributed by atoms with Crippen molar-refractivity contribution in [2.45, 2.75) is 38.3 Å². The highest BCUT2D eigenvalue weighted by atomic mass is 16.5. The summed E-state index contributed by atoms with van der Waals surface area (Å²) in [5, 5.41) is 12.7. The minimum absolute atomic E-state index is 0.103. The fourth-order valence-electron chi connectivity index (χ4n) is 2.48. The lowest BCUT2D eigenvalue weighted by molar-refractivity contribution is -0.144. The molecule has 1 aliphatic rings. The first kappa shape index (κ1) is 15.8. The Morgan fingerprint density at radius 1 is 1.48 bits per heavy atom. The lowest BCUT2D eigenvalue weighted by atomic mass is 9.91. The molecule has 1 aromatic rings. The van der Waals surface area contributed by atoms with Crippen LogP contribution in [0, 0.1) is 0 Å². The molecule has 0 aromatic heterocycles. The van der Waals surface area contributed by atoms with Crippen molar-refractivity contribution in [2.24, 2.45) is 0 Å². The van der Waals surface area contributed by atoms with Gasteiger partial charge in [-0.3, -0.25) is 5.32 Å². The summed E-state index contributed by atoms with van der Waals surface area (Å²) < 4.78 is 10.9. The predicted octanol–water partition coefficient (Wildman–Crippen LogP) is 2.15. The van der Waals surface area contributed by atoms with Crippen LogP contribution in [0.25, 0.3) is 0 Å². The van der Waals surface area contributed by atoms with Crippen molar-refractivity contribution in [3.8, 4) is 5.75 Å². The molecule has 2 rings (SSSR count). The number of nitrogens with one attached hydrogen (secondary N) is 1. The van der Waals surface area contributed by atoms with Gasteiger partial charge < -0.3 is 14.6 Å². The Kier molecular flexibility index (Phi) is 5.20. The van der Waals surface area contributed by atoms with Gasteiger partial charge in [0.25, 0.3) is 0 Å². The molecular weight excluding hydrogens is 270 g/mol. The van der Waals surface area contributed by atoms with Gasteiger partial charge in [0, 0.05) is 13.2 Å². The number of ether oxygens (including phenoxy) is 2. The summed E-state index contributed by atoms with van der Waals surface area (Å²) in [5.74, 6) is -0.155. The van der Waals surface area contributed by atoms with E-state index in [4.69, 9.17) is 9.47 Å². The van der Waals surface area contributed by atoms with E-state index < -0.39 is 11.5 Å². The molecule has 1 fully saturated rings. The van der Waals surface area contributed by atoms with E-state index in [9.17, 15) is 9.90 Å². The maximum Gasteiger partial charge on any atom is 0.328 e. The van der Waals surface area contributed by atoms with Crippen molar-refractivity contribution < 1.29 is 19.4 Å². The van der Waals surface area contributed by atoms with Crippen LogP contribution in [0.4, 0.5) is 0 Å². The van der Waals surface area contributed by atoms with Crippen molar-refractivity contribution in [3.63, 3.8) is 0 Å². The summed E-state index contributed by atoms with van der Waals surface area (Å²) in [4.78, 5) is 11.7. The van der Waals surface area contributed by atoms with Gasteiger partial charge in [0.15, 0.2) is 0 Å². The van der Waals surface area contributed by atoms with E-state index in [1.54, 1.807) is 31.2 Å². The van der Waals surface area contributed by atoms with E-state index in [0.717, 1.165) is 25.2 Å². The van der Waals surface area contributed by atoms with Crippen LogP contribution >= 0.6 is 0 Å². The minimum atomic E-state index is -1.13. The van der Waals surface area contributed by atoms with Crippen LogP contribution < -0.4 is 10.1 Å². The molecule has 1 aromatic carbocycles. The van der Waals surface area contributed by atoms with Gasteiger partial charge in [-0.05, 0) is 44.4 Å². The summed E-state index contributed by atoms with van der Waals surface area (Å²) in [5.41, 5.74) is -0.423. The number of benzene rings is 1. The van der Waals surface area contributed by atoms with Crippen LogP contribution in [-0.4, -0.2) is 36.9 Å². The highest BCUT2D eigenvalue weighted by Gasteiger charge is 2.35. The lowest BCUT2D eigenvalue weighted by Gasteiger charge is -2.28. The molecule has 1 heterocycles. The second kappa shape index (κ2) is 6.91. The van der Waals surface area contributed by atoms with Gasteiger partial charge in [-0.15, -0.1) is 0 Å². The zero-order chi connectivity index (χ0) is 15.3. The molecule has 0 amide bonds. The highest BCUT2D eigenvalue weighted by molar-refractivity contribution is 5.80. The summed E-state index contributed by atoms with van der Waals surface area (Å²) in [7, 11) is 0. The third-order valence-corrected chi connectivity index (χ3v) is 3.88. The lowest BCUT2D eigenvalue weighted by Crippen LogP contribution is -2.49. The zero-order valence-corrected chi connectivity index (χ0v) is 12.6. The molecule has 5 heteroatoms. The SMILES string of the molecule is CCOc1ccc(C(C)(NCC2CCCO2)C(=O)O)cc1. The van der Waals surface area contributed by atoms with Gasteiger partial charge in [0.05, 0.1) is 12.7 Å². The maximum absolute atomic E-state index is 11.7. The summed E-state index contributed by atoms with van der Waals surface area (Å²) in [6.45, 7) is 5.49. The molecular formula is C16H23NO4. The average Bonchev–Trinajstić information content (AvgIpc) is 2.99. The summed E-state index contributed by atoms with van der Waals surface area (Å²) >= 11 is 0. The Balaban J connectivity index is 2.10. The molecule has 0 radical (unpaired) electrons. The van der Waals surface area contributed by atoms with Gasteiger partial charge in [0.2, 0.25) is 0 Å². The third kappa shape index (κ3) is 3.74. The van der Waals surface area contributed by atoms with Crippen molar-refractivity contribution >= 4 is 5.97 Å². The number of carboxylic acid groups (broad SMARTS) is 1. The Morgan fingerprint density at radius 2 is 2.19 bits per heavy atom. The molecule has 2 N–H and O–H groups in total. The van der Waals surface area contributed by atoms with Gasteiger partial charge >= 0.3 is 5.97 Å². The molecule has 5 nitrogen and oxygen atoms in total. The van der Waals surface area contributed by atoms with E-state index in [2.05, 4.69) is 5.32 Å². The number of carboxylic acids is 1. The van der Waals surface area contributed by atoms with E-state index in [1.807, 2.05) is 6.92 Å². The first-order valence-corrected chi connectivity index (χ1v) is 7.39. The van der Waals surface area contributed by atoms with E-state index in [0.29, 0.717) is 18.7 Å². The summed E-state index contributed by atoms with van der Waals surface area (Å²) in [6.07, 6.45) is 2.12. The van der Waals surface area contributed by atoms with E-state index in [1.165, 1.54) is 0 Å². The number of aliphatic carboxylic acids is 1. The molecule has 116 valence electrons. The van der Waals surface area contributed by atoms with Gasteiger partial charge in [-0.1, -0.05) is 12.1 Å². The largest absolute Gasteiger partial charge is 0.494 e. The van der Waals surface area contributed by atoms with Gasteiger partial charge in [0.1, 0.15) is 11.3 Å². The van der Waals surface area contributed by atoms with Gasteiger partial charge in [-0.25, -0.2) is 4.79 Å². The molecule has 1 aliphatic heterocycles. The normalized spacial score (nSPS) is 21.0. The number of carbonyl (C=O) groups is 1. The Bertz CT molecular complexity index is 468. The third-order valence-electron chi connectivity index (χ3n) is 3.88. The topological polar surface area (TPSA) is 67.8 Å². The number of hydrogen-bond acceptors (Lipinski definition) is 4. The van der Waals surface area contributed by atoms with Crippen molar-refractivity contribution in [3.05, 3.63) is 29.8 Å². The Labute approximate surface area is 125 Å². The van der Waals surface area contributed by atoms with Crippen LogP contribution in [0.1, 0.15) is 32.3 Å². The Hall–Kier alpha value is -1.59. The van der Waals surface area contributed by atoms with Crippen LogP contribution in [0.3, 0.4) is 0 Å². The molecule has 0 bridgehead atoms. The molecule has 1 saturated heterocycles. The van der Waals surface area contributed by atoms with Crippen LogP contribution in [0.15, 0.2) is 24.3 Å². The van der Waals surface area contributed by atoms with Crippen molar-refractivity contribution in [1.82, 2.24) is 5.32 Å². The fraction of sp³-hybridized carbons (Fsp3) is 0.562. The monoisotopic (exact) mass is 293 g/mol. The average molecular weight is 293 g/mol. The van der Waals surface area contributed by atoms with Crippen LogP contribution in [0.2, 0.25) is 0 Å². The second-order valence-electron chi connectivity index (χ2n) is 5.40. The quantitative estimate of drug-likeness (QED) is 0.806. The molecule has 0 saturated carbocycles. The fourth-order valence-corrected chi connectivity index (χ4v) is 2.48. The smallest absolute Gasteiger partial charge is 0.328 e. The van der Waals surface area contributed by atoms with Crippen LogP contribution in [-0.2, 0) is 15.1 Å². The standard InChI is InChI=1S/C16H23NO4/c1-3-20-13-8-6-12(7-9-13)16(2,15(18)19)17-11-14-5-4-10-21-14/h6-9,14,17H,3-5,10-11H2,1-2H3,(H,18,19). The number of rotatable bonds is 7. The molecule has 0 spiro atoms. The zero-order valence-electron chi connectivity index (χ0n) is 12.6. The maximum atomic E-state index is 11.7. The first-order chi connectivity index (χ1) is 10.1. The predicted molar refractivity (Wildman–Crippen MR) is 79.6 cm³/mol. The second-order valence-corrected chi connectivity index (χ2v) is 5.40. The highest BCUT2D eigenvalue weighted by Crippen LogP contribution is 2.24.